The van der Waals surface area contributed by atoms with E-state index in [0.717, 1.165) is 0 Å². The molecule has 1 unspecified atom stereocenters. The van der Waals surface area contributed by atoms with Crippen molar-refractivity contribution in [3.05, 3.63) is 29.0 Å². The molecule has 1 N–H and O–H groups in total. The van der Waals surface area contributed by atoms with Crippen molar-refractivity contribution in [1.82, 2.24) is 10.2 Å². The fourth-order valence-corrected chi connectivity index (χ4v) is 2.98. The fourth-order valence-electron chi connectivity index (χ4n) is 2.98. The smallest absolute Gasteiger partial charge is 0.0655 e. The summed E-state index contributed by atoms with van der Waals surface area (Å²) in [5.41, 5.74) is 5.74. The van der Waals surface area contributed by atoms with Gasteiger partial charge in [-0.25, -0.2) is 0 Å². The number of aryl methyl sites for hydroxylation is 2. The first-order valence-electron chi connectivity index (χ1n) is 6.73. The maximum atomic E-state index is 4.13. The Hall–Kier alpha value is -1.31. The molecule has 0 saturated heterocycles. The van der Waals surface area contributed by atoms with Gasteiger partial charge in [0, 0.05) is 5.39 Å². The van der Waals surface area contributed by atoms with Crippen LogP contribution in [0.4, 0.5) is 0 Å². The molecule has 0 aliphatic heterocycles. The monoisotopic (exact) mass is 230 g/mol. The average molecular weight is 230 g/mol. The Labute approximate surface area is 103 Å². The van der Waals surface area contributed by atoms with Crippen LogP contribution in [-0.4, -0.2) is 10.2 Å². The molecule has 1 aromatic carbocycles. The van der Waals surface area contributed by atoms with Gasteiger partial charge in [-0.15, -0.1) is 0 Å². The van der Waals surface area contributed by atoms with Gasteiger partial charge in [0.05, 0.1) is 11.7 Å². The van der Waals surface area contributed by atoms with Gasteiger partial charge in [0.25, 0.3) is 0 Å². The summed E-state index contributed by atoms with van der Waals surface area (Å²) in [6.45, 7) is 8.58. The van der Waals surface area contributed by atoms with E-state index >= 15 is 0 Å². The van der Waals surface area contributed by atoms with E-state index in [9.17, 15) is 0 Å². The number of hydrogen-bond acceptors (Lipinski definition) is 1. The van der Waals surface area contributed by atoms with Gasteiger partial charge in [0.1, 0.15) is 0 Å². The van der Waals surface area contributed by atoms with Crippen LogP contribution in [0, 0.1) is 6.92 Å². The minimum absolute atomic E-state index is 0.716. The summed E-state index contributed by atoms with van der Waals surface area (Å²) in [5.74, 6) is 0.716. The van der Waals surface area contributed by atoms with Gasteiger partial charge in [-0.2, -0.15) is 5.10 Å². The van der Waals surface area contributed by atoms with Crippen LogP contribution in [0.2, 0.25) is 0 Å². The molecule has 92 valence electrons. The van der Waals surface area contributed by atoms with Crippen LogP contribution in [0.5, 0.6) is 0 Å². The summed E-state index contributed by atoms with van der Waals surface area (Å²) in [5, 5.41) is 8.50. The summed E-state index contributed by atoms with van der Waals surface area (Å²) >= 11 is 0. The Kier molecular flexibility index (Phi) is 3.51. The number of nitrogens with zero attached hydrogens (tertiary/aromatic N) is 1. The summed E-state index contributed by atoms with van der Waals surface area (Å²) in [4.78, 5) is 0. The number of aromatic nitrogens is 2. The van der Waals surface area contributed by atoms with E-state index in [-0.39, 0.29) is 0 Å². The Morgan fingerprint density at radius 3 is 2.88 bits per heavy atom. The summed E-state index contributed by atoms with van der Waals surface area (Å²) in [6, 6.07) is 2.29. The first-order chi connectivity index (χ1) is 8.27. The van der Waals surface area contributed by atoms with E-state index in [1.165, 1.54) is 41.3 Å². The average Bonchev–Trinajstić information content (AvgIpc) is 2.80. The molecule has 0 fully saturated rings. The predicted molar refractivity (Wildman–Crippen MR) is 73.5 cm³/mol. The highest BCUT2D eigenvalue weighted by molar-refractivity contribution is 5.84. The maximum absolute atomic E-state index is 4.13. The molecule has 0 bridgehead atoms. The second-order valence-electron chi connectivity index (χ2n) is 4.70. The normalized spacial score (nSPS) is 18.5. The summed E-state index contributed by atoms with van der Waals surface area (Å²) in [7, 11) is 0. The van der Waals surface area contributed by atoms with Crippen LogP contribution >= 0.6 is 0 Å². The van der Waals surface area contributed by atoms with Crippen molar-refractivity contribution in [2.45, 2.75) is 52.9 Å². The van der Waals surface area contributed by atoms with Crippen molar-refractivity contribution in [1.29, 1.82) is 0 Å². The largest absolute Gasteiger partial charge is 0.278 e. The zero-order chi connectivity index (χ0) is 12.4. The second kappa shape index (κ2) is 4.91. The first kappa shape index (κ1) is 12.2. The molecule has 1 aliphatic carbocycles. The number of rotatable bonds is 0. The number of H-pyrrole nitrogens is 1. The van der Waals surface area contributed by atoms with E-state index in [0.29, 0.717) is 5.92 Å². The Morgan fingerprint density at radius 2 is 2.12 bits per heavy atom. The van der Waals surface area contributed by atoms with Crippen LogP contribution in [0.3, 0.4) is 0 Å². The molecular weight excluding hydrogens is 208 g/mol. The Bertz CT molecular complexity index is 511. The van der Waals surface area contributed by atoms with Crippen molar-refractivity contribution < 1.29 is 0 Å². The lowest BCUT2D eigenvalue weighted by Gasteiger charge is -2.24. The van der Waals surface area contributed by atoms with Crippen molar-refractivity contribution in [3.8, 4) is 0 Å². The topological polar surface area (TPSA) is 28.7 Å². The van der Waals surface area contributed by atoms with Crippen LogP contribution < -0.4 is 0 Å². The van der Waals surface area contributed by atoms with Gasteiger partial charge in [-0.05, 0) is 54.9 Å². The lowest BCUT2D eigenvalue weighted by atomic mass is 9.80. The quantitative estimate of drug-likeness (QED) is 0.716. The zero-order valence-electron chi connectivity index (χ0n) is 11.3. The third-order valence-electron chi connectivity index (χ3n) is 3.72. The van der Waals surface area contributed by atoms with Gasteiger partial charge in [-0.3, -0.25) is 5.10 Å². The standard InChI is InChI=1S/C13H16N2.C2H6/c1-8-4-3-5-10-6-12-11(7-14-15-12)9(2)13(8)10;1-2/h6-8H,3-5H2,1-2H3,(H,14,15);1-2H3. The highest BCUT2D eigenvalue weighted by atomic mass is 15.1. The van der Waals surface area contributed by atoms with Gasteiger partial charge in [0.2, 0.25) is 0 Å². The highest BCUT2D eigenvalue weighted by Gasteiger charge is 2.20. The minimum Gasteiger partial charge on any atom is -0.278 e. The lowest BCUT2D eigenvalue weighted by Crippen LogP contribution is -2.09. The van der Waals surface area contributed by atoms with E-state index in [1.54, 1.807) is 5.56 Å². The van der Waals surface area contributed by atoms with Gasteiger partial charge in [0.15, 0.2) is 0 Å². The van der Waals surface area contributed by atoms with Crippen LogP contribution in [0.25, 0.3) is 10.9 Å². The van der Waals surface area contributed by atoms with E-state index in [4.69, 9.17) is 0 Å². The number of benzene rings is 1. The number of nitrogens with one attached hydrogen (secondary N) is 1. The van der Waals surface area contributed by atoms with Crippen LogP contribution in [-0.2, 0) is 6.42 Å². The molecule has 2 nitrogen and oxygen atoms in total. The fraction of sp³-hybridized carbons (Fsp3) is 0.533. The molecule has 1 aromatic heterocycles. The summed E-state index contributed by atoms with van der Waals surface area (Å²) in [6.07, 6.45) is 5.84. The molecule has 0 spiro atoms. The van der Waals surface area contributed by atoms with Crippen molar-refractivity contribution >= 4 is 10.9 Å². The number of aromatic amines is 1. The Morgan fingerprint density at radius 1 is 1.35 bits per heavy atom. The first-order valence-corrected chi connectivity index (χ1v) is 6.73. The number of hydrogen-bond donors (Lipinski definition) is 1. The molecule has 2 aromatic rings. The molecule has 1 atom stereocenters. The van der Waals surface area contributed by atoms with E-state index in [1.807, 2.05) is 20.0 Å². The number of fused-ring (bicyclic) bond motifs is 2. The van der Waals surface area contributed by atoms with Gasteiger partial charge < -0.3 is 0 Å². The van der Waals surface area contributed by atoms with Crippen LogP contribution in [0.15, 0.2) is 12.3 Å². The molecule has 2 heteroatoms. The highest BCUT2D eigenvalue weighted by Crippen LogP contribution is 2.36. The molecule has 17 heavy (non-hydrogen) atoms. The Balaban J connectivity index is 0.000000514. The van der Waals surface area contributed by atoms with Gasteiger partial charge in [-0.1, -0.05) is 20.8 Å². The van der Waals surface area contributed by atoms with Crippen molar-refractivity contribution in [2.24, 2.45) is 0 Å². The van der Waals surface area contributed by atoms with Crippen molar-refractivity contribution in [3.63, 3.8) is 0 Å². The van der Waals surface area contributed by atoms with E-state index < -0.39 is 0 Å². The predicted octanol–water partition coefficient (Wildman–Crippen LogP) is 4.34. The molecular formula is C15H22N2. The van der Waals surface area contributed by atoms with Crippen molar-refractivity contribution in [2.75, 3.05) is 0 Å². The second-order valence-corrected chi connectivity index (χ2v) is 4.70. The lowest BCUT2D eigenvalue weighted by molar-refractivity contribution is 0.588. The molecule has 3 rings (SSSR count). The van der Waals surface area contributed by atoms with Gasteiger partial charge >= 0.3 is 0 Å². The molecule has 1 aliphatic rings. The summed E-state index contributed by atoms with van der Waals surface area (Å²) < 4.78 is 0. The third kappa shape index (κ3) is 1.97. The molecule has 0 radical (unpaired) electrons. The SMILES string of the molecule is CC.Cc1c2c(cc3[nH]ncc13)CCCC2C. The third-order valence-corrected chi connectivity index (χ3v) is 3.72. The molecule has 0 saturated carbocycles. The van der Waals surface area contributed by atoms with Crippen LogP contribution in [0.1, 0.15) is 56.2 Å². The zero-order valence-corrected chi connectivity index (χ0v) is 11.3. The molecule has 1 heterocycles. The maximum Gasteiger partial charge on any atom is 0.0655 e. The van der Waals surface area contributed by atoms with E-state index in [2.05, 4.69) is 30.1 Å². The molecule has 0 amide bonds. The minimum atomic E-state index is 0.716.